The highest BCUT2D eigenvalue weighted by Gasteiger charge is 2.29. The van der Waals surface area contributed by atoms with Crippen LogP contribution >= 0.6 is 0 Å². The van der Waals surface area contributed by atoms with Gasteiger partial charge in [0.05, 0.1) is 18.3 Å². The van der Waals surface area contributed by atoms with Crippen LogP contribution in [0.5, 0.6) is 5.75 Å². The Balaban J connectivity index is 1.39. The lowest BCUT2D eigenvalue weighted by Gasteiger charge is -2.31. The number of oxazole rings is 1. The third-order valence-electron chi connectivity index (χ3n) is 4.98. The molecule has 1 aliphatic rings. The molecule has 0 bridgehead atoms. The summed E-state index contributed by atoms with van der Waals surface area (Å²) in [5, 5.41) is 0.712. The molecule has 1 aliphatic heterocycles. The number of halogens is 3. The zero-order valence-corrected chi connectivity index (χ0v) is 15.6. The lowest BCUT2D eigenvalue weighted by molar-refractivity contribution is -0.139. The van der Waals surface area contributed by atoms with Crippen LogP contribution in [0, 0.1) is 6.92 Å². The third-order valence-corrected chi connectivity index (χ3v) is 4.98. The van der Waals surface area contributed by atoms with E-state index in [9.17, 15) is 13.2 Å². The van der Waals surface area contributed by atoms with E-state index in [1.54, 1.807) is 24.4 Å². The minimum absolute atomic E-state index is 0.0408. The van der Waals surface area contributed by atoms with Crippen molar-refractivity contribution in [2.45, 2.75) is 45.1 Å². The molecule has 1 fully saturated rings. The predicted molar refractivity (Wildman–Crippen MR) is 98.2 cm³/mol. The van der Waals surface area contributed by atoms with E-state index in [4.69, 9.17) is 9.15 Å². The molecule has 5 nitrogen and oxygen atoms in total. The molecule has 1 aromatic carbocycles. The zero-order valence-electron chi connectivity index (χ0n) is 15.6. The molecule has 0 spiro atoms. The first kappa shape index (κ1) is 18.9. The number of piperidine rings is 1. The summed E-state index contributed by atoms with van der Waals surface area (Å²) in [5.41, 5.74) is 0.534. The maximum atomic E-state index is 12.7. The number of aryl methyl sites for hydroxylation is 1. The van der Waals surface area contributed by atoms with E-state index in [1.165, 1.54) is 10.8 Å². The van der Waals surface area contributed by atoms with Crippen LogP contribution in [-0.2, 0) is 13.1 Å². The molecule has 2 aromatic heterocycles. The fourth-order valence-corrected chi connectivity index (χ4v) is 3.66. The van der Waals surface area contributed by atoms with Crippen molar-refractivity contribution in [1.29, 1.82) is 0 Å². The molecule has 150 valence electrons. The first-order valence-electron chi connectivity index (χ1n) is 9.32. The van der Waals surface area contributed by atoms with Crippen molar-refractivity contribution in [1.82, 2.24) is 14.5 Å². The largest absolute Gasteiger partial charge is 0.490 e. The van der Waals surface area contributed by atoms with Crippen LogP contribution in [0.2, 0.25) is 0 Å². The van der Waals surface area contributed by atoms with Crippen LogP contribution in [0.25, 0.3) is 10.9 Å². The molecule has 8 heteroatoms. The van der Waals surface area contributed by atoms with Crippen LogP contribution < -0.4 is 4.74 Å². The molecular formula is C20H22F3N3O2. The number of rotatable bonds is 5. The molecule has 3 heterocycles. The molecule has 1 saturated heterocycles. The molecule has 0 radical (unpaired) electrons. The summed E-state index contributed by atoms with van der Waals surface area (Å²) >= 11 is 0. The van der Waals surface area contributed by atoms with E-state index in [0.717, 1.165) is 31.7 Å². The van der Waals surface area contributed by atoms with Crippen LogP contribution in [0.15, 0.2) is 41.1 Å². The molecule has 0 atom stereocenters. The molecule has 3 aromatic rings. The molecule has 4 rings (SSSR count). The second-order valence-corrected chi connectivity index (χ2v) is 7.21. The number of fused-ring (bicyclic) bond motifs is 1. The van der Waals surface area contributed by atoms with Crippen LogP contribution in [0.4, 0.5) is 13.2 Å². The van der Waals surface area contributed by atoms with Gasteiger partial charge in [0.25, 0.3) is 0 Å². The van der Waals surface area contributed by atoms with E-state index in [1.807, 2.05) is 13.0 Å². The molecule has 0 N–H and O–H groups in total. The Bertz CT molecular complexity index is 940. The Hall–Kier alpha value is -2.48. The summed E-state index contributed by atoms with van der Waals surface area (Å²) in [6, 6.07) is 6.94. The van der Waals surface area contributed by atoms with Gasteiger partial charge >= 0.3 is 6.18 Å². The summed E-state index contributed by atoms with van der Waals surface area (Å²) in [7, 11) is 0. The SMILES string of the molecule is Cc1cnc(CN2CCC(Oc3cccc4c3ccn4CC(F)(F)F)CC2)o1. The van der Waals surface area contributed by atoms with Gasteiger partial charge in [-0.15, -0.1) is 0 Å². The number of alkyl halides is 3. The van der Waals surface area contributed by atoms with E-state index in [-0.39, 0.29) is 6.10 Å². The van der Waals surface area contributed by atoms with Gasteiger partial charge in [-0.3, -0.25) is 4.90 Å². The highest BCUT2D eigenvalue weighted by Crippen LogP contribution is 2.31. The summed E-state index contributed by atoms with van der Waals surface area (Å²) in [4.78, 5) is 6.51. The predicted octanol–water partition coefficient (Wildman–Crippen LogP) is 4.54. The van der Waals surface area contributed by atoms with Gasteiger partial charge < -0.3 is 13.7 Å². The van der Waals surface area contributed by atoms with E-state index < -0.39 is 12.7 Å². The molecule has 0 aliphatic carbocycles. The van der Waals surface area contributed by atoms with Gasteiger partial charge in [0.2, 0.25) is 5.89 Å². The summed E-state index contributed by atoms with van der Waals surface area (Å²) in [5.74, 6) is 2.16. The lowest BCUT2D eigenvalue weighted by atomic mass is 10.1. The Morgan fingerprint density at radius 3 is 2.68 bits per heavy atom. The smallest absolute Gasteiger partial charge is 0.406 e. The van der Waals surface area contributed by atoms with Crippen molar-refractivity contribution in [3.63, 3.8) is 0 Å². The van der Waals surface area contributed by atoms with Gasteiger partial charge in [-0.25, -0.2) is 4.98 Å². The third kappa shape index (κ3) is 4.32. The molecule has 28 heavy (non-hydrogen) atoms. The van der Waals surface area contributed by atoms with Crippen LogP contribution in [-0.4, -0.2) is 39.8 Å². The Kier molecular flexibility index (Phi) is 5.05. The van der Waals surface area contributed by atoms with E-state index in [2.05, 4.69) is 9.88 Å². The summed E-state index contributed by atoms with van der Waals surface area (Å²) in [6.07, 6.45) is 0.664. The zero-order chi connectivity index (χ0) is 19.7. The highest BCUT2D eigenvalue weighted by molar-refractivity contribution is 5.86. The Morgan fingerprint density at radius 2 is 2.00 bits per heavy atom. The highest BCUT2D eigenvalue weighted by atomic mass is 19.4. The van der Waals surface area contributed by atoms with Crippen LogP contribution in [0.3, 0.4) is 0 Å². The topological polar surface area (TPSA) is 43.4 Å². The minimum atomic E-state index is -4.25. The second-order valence-electron chi connectivity index (χ2n) is 7.21. The van der Waals surface area contributed by atoms with Gasteiger partial charge in [-0.2, -0.15) is 13.2 Å². The lowest BCUT2D eigenvalue weighted by Crippen LogP contribution is -2.37. The maximum Gasteiger partial charge on any atom is 0.406 e. The minimum Gasteiger partial charge on any atom is -0.490 e. The first-order chi connectivity index (χ1) is 13.4. The fraction of sp³-hybridized carbons (Fsp3) is 0.450. The van der Waals surface area contributed by atoms with E-state index >= 15 is 0 Å². The van der Waals surface area contributed by atoms with Crippen molar-refractivity contribution in [2.75, 3.05) is 13.1 Å². The maximum absolute atomic E-state index is 12.7. The standard InChI is InChI=1S/C20H22F3N3O2/c1-14-11-24-19(27-14)12-25-8-5-15(6-9-25)28-18-4-2-3-17-16(18)7-10-26(17)13-20(21,22)23/h2-4,7,10-11,15H,5-6,8-9,12-13H2,1H3. The van der Waals surface area contributed by atoms with Gasteiger partial charge in [-0.05, 0) is 38.0 Å². The van der Waals surface area contributed by atoms with Crippen LogP contribution in [0.1, 0.15) is 24.5 Å². The van der Waals surface area contributed by atoms with Crippen molar-refractivity contribution in [3.8, 4) is 5.75 Å². The molecule has 0 unspecified atom stereocenters. The number of nitrogens with zero attached hydrogens (tertiary/aromatic N) is 3. The Labute approximate surface area is 160 Å². The number of ether oxygens (including phenoxy) is 1. The van der Waals surface area contributed by atoms with Crippen molar-refractivity contribution < 1.29 is 22.3 Å². The number of likely N-dealkylation sites (tertiary alicyclic amines) is 1. The average Bonchev–Trinajstić information content (AvgIpc) is 3.22. The van der Waals surface area contributed by atoms with Gasteiger partial charge in [0, 0.05) is 24.7 Å². The van der Waals surface area contributed by atoms with Crippen molar-refractivity contribution in [3.05, 3.63) is 48.3 Å². The quantitative estimate of drug-likeness (QED) is 0.638. The fourth-order valence-electron chi connectivity index (χ4n) is 3.66. The number of hydrogen-bond acceptors (Lipinski definition) is 4. The van der Waals surface area contributed by atoms with Crippen molar-refractivity contribution >= 4 is 10.9 Å². The number of aromatic nitrogens is 2. The van der Waals surface area contributed by atoms with E-state index in [0.29, 0.717) is 29.1 Å². The van der Waals surface area contributed by atoms with Gasteiger partial charge in [0.1, 0.15) is 24.2 Å². The van der Waals surface area contributed by atoms with Gasteiger partial charge in [0.15, 0.2) is 0 Å². The van der Waals surface area contributed by atoms with Gasteiger partial charge in [-0.1, -0.05) is 6.07 Å². The van der Waals surface area contributed by atoms with Crippen molar-refractivity contribution in [2.24, 2.45) is 0 Å². The number of benzene rings is 1. The summed E-state index contributed by atoms with van der Waals surface area (Å²) in [6.45, 7) is 3.27. The summed E-state index contributed by atoms with van der Waals surface area (Å²) < 4.78 is 51.1. The Morgan fingerprint density at radius 1 is 1.21 bits per heavy atom. The monoisotopic (exact) mass is 393 g/mol. The molecule has 0 amide bonds. The molecule has 0 saturated carbocycles. The second kappa shape index (κ2) is 7.50. The number of hydrogen-bond donors (Lipinski definition) is 0. The average molecular weight is 393 g/mol. The molecular weight excluding hydrogens is 371 g/mol. The first-order valence-corrected chi connectivity index (χ1v) is 9.32. The normalized spacial score (nSPS) is 16.7.